The fourth-order valence-corrected chi connectivity index (χ4v) is 5.32. The second-order valence-electron chi connectivity index (χ2n) is 5.88. The van der Waals surface area contributed by atoms with E-state index in [0.717, 1.165) is 0 Å². The first-order valence-corrected chi connectivity index (χ1v) is 8.16. The summed E-state index contributed by atoms with van der Waals surface area (Å²) < 4.78 is -0.140. The van der Waals surface area contributed by atoms with Gasteiger partial charge in [-0.3, -0.25) is 0 Å². The molecule has 0 atom stereocenters. The third kappa shape index (κ3) is 1.55. The quantitative estimate of drug-likeness (QED) is 0.535. The molecule has 6 rings (SSSR count). The van der Waals surface area contributed by atoms with Crippen molar-refractivity contribution in [3.63, 3.8) is 0 Å². The van der Waals surface area contributed by atoms with Crippen molar-refractivity contribution in [2.75, 3.05) is 0 Å². The summed E-state index contributed by atoms with van der Waals surface area (Å²) in [6.07, 6.45) is 0. The van der Waals surface area contributed by atoms with Crippen molar-refractivity contribution in [3.8, 4) is 0 Å². The van der Waals surface area contributed by atoms with Crippen LogP contribution in [0.5, 0.6) is 0 Å². The Hall–Kier alpha value is -1.22. The van der Waals surface area contributed by atoms with E-state index in [1.165, 1.54) is 33.4 Å². The molecule has 0 nitrogen and oxygen atoms in total. The van der Waals surface area contributed by atoms with E-state index in [0.29, 0.717) is 5.92 Å². The molecule has 0 amide bonds. The zero-order valence-electron chi connectivity index (χ0n) is 12.4. The Morgan fingerprint density at radius 1 is 0.591 bits per heavy atom. The van der Waals surface area contributed by atoms with Crippen molar-refractivity contribution in [1.29, 1.82) is 0 Å². The van der Waals surface area contributed by atoms with Crippen LogP contribution in [-0.4, -0.2) is 16.0 Å². The zero-order chi connectivity index (χ0) is 14.0. The van der Waals surface area contributed by atoms with Gasteiger partial charge in [0.05, 0.1) is 0 Å². The Bertz CT molecular complexity index is 768. The van der Waals surface area contributed by atoms with Crippen molar-refractivity contribution in [1.82, 2.24) is 0 Å². The topological polar surface area (TPSA) is 0 Å². The van der Waals surface area contributed by atoms with Gasteiger partial charge in [0.15, 0.2) is 0 Å². The second-order valence-corrected chi connectivity index (χ2v) is 7.16. The Balaban J connectivity index is 0.00000125. The predicted octanol–water partition coefficient (Wildman–Crippen LogP) is 0.958. The van der Waals surface area contributed by atoms with E-state index in [2.05, 4.69) is 88.8 Å². The van der Waals surface area contributed by atoms with Crippen LogP contribution >= 0.6 is 0 Å². The third-order valence-electron chi connectivity index (χ3n) is 4.95. The molecule has 0 aromatic heterocycles. The standard InChI is InChI=1S/C20H14Se.Li/c21-20-16-10-4-1-7-13(16)19(14-8-2-5-11-17(14)20)15-9-3-6-12-18(15)20;/h1-12,19,21H;/q;+1/p-1. The maximum atomic E-state index is 3.55. The molecule has 0 saturated carbocycles. The number of benzene rings is 3. The van der Waals surface area contributed by atoms with Gasteiger partial charge in [0.25, 0.3) is 0 Å². The van der Waals surface area contributed by atoms with Gasteiger partial charge in [0.2, 0.25) is 0 Å². The fourth-order valence-electron chi connectivity index (χ4n) is 4.15. The SMILES string of the molecule is [Li+].[Se-]C12c3ccccc3C(c3ccccc31)c1ccccc12. The first-order chi connectivity index (χ1) is 10.3. The molecule has 22 heavy (non-hydrogen) atoms. The summed E-state index contributed by atoms with van der Waals surface area (Å²) in [7, 11) is 0. The monoisotopic (exact) mass is 340 g/mol. The summed E-state index contributed by atoms with van der Waals surface area (Å²) in [4.78, 5) is 0. The van der Waals surface area contributed by atoms with Crippen LogP contribution < -0.4 is 18.9 Å². The van der Waals surface area contributed by atoms with Crippen LogP contribution in [0.15, 0.2) is 72.8 Å². The molecule has 0 saturated heterocycles. The average molecular weight is 339 g/mol. The summed E-state index contributed by atoms with van der Waals surface area (Å²) >= 11 is 3.55. The third-order valence-corrected chi connectivity index (χ3v) is 6.34. The molecule has 0 heterocycles. The molecular formula is C20H13LiSe. The molecule has 2 bridgehead atoms. The molecule has 0 radical (unpaired) electrons. The van der Waals surface area contributed by atoms with E-state index in [-0.39, 0.29) is 23.2 Å². The predicted molar refractivity (Wildman–Crippen MR) is 85.9 cm³/mol. The Morgan fingerprint density at radius 2 is 0.909 bits per heavy atom. The molecule has 100 valence electrons. The van der Waals surface area contributed by atoms with Gasteiger partial charge in [-0.15, -0.1) is 0 Å². The Labute approximate surface area is 150 Å². The summed E-state index contributed by atoms with van der Waals surface area (Å²) in [6, 6.07) is 26.7. The first kappa shape index (κ1) is 14.4. The molecule has 0 fully saturated rings. The van der Waals surface area contributed by atoms with Gasteiger partial charge < -0.3 is 0 Å². The van der Waals surface area contributed by atoms with E-state index in [4.69, 9.17) is 0 Å². The van der Waals surface area contributed by atoms with Crippen LogP contribution in [0, 0.1) is 0 Å². The fraction of sp³-hybridized carbons (Fsp3) is 0.100. The molecule has 0 aliphatic heterocycles. The molecule has 3 aliphatic rings. The van der Waals surface area contributed by atoms with Crippen molar-refractivity contribution in [2.24, 2.45) is 0 Å². The van der Waals surface area contributed by atoms with Crippen molar-refractivity contribution >= 4 is 16.0 Å². The molecule has 0 unspecified atom stereocenters. The summed E-state index contributed by atoms with van der Waals surface area (Å²) in [6.45, 7) is 0. The summed E-state index contributed by atoms with van der Waals surface area (Å²) in [5.74, 6) is 0.379. The van der Waals surface area contributed by atoms with Crippen LogP contribution in [0.4, 0.5) is 0 Å². The zero-order valence-corrected chi connectivity index (χ0v) is 14.1. The minimum absolute atomic E-state index is 0. The molecular weight excluding hydrogens is 326 g/mol. The second kappa shape index (κ2) is 4.89. The Morgan fingerprint density at radius 3 is 1.27 bits per heavy atom. The average Bonchev–Trinajstić information content (AvgIpc) is 2.56. The van der Waals surface area contributed by atoms with Crippen LogP contribution in [0.2, 0.25) is 0 Å². The summed E-state index contributed by atoms with van der Waals surface area (Å²) in [5.41, 5.74) is 8.63. The first-order valence-electron chi connectivity index (χ1n) is 7.30. The number of rotatable bonds is 0. The number of hydrogen-bond donors (Lipinski definition) is 0. The van der Waals surface area contributed by atoms with Crippen molar-refractivity contribution in [3.05, 3.63) is 106 Å². The molecule has 2 heteroatoms. The van der Waals surface area contributed by atoms with Crippen molar-refractivity contribution < 1.29 is 18.9 Å². The van der Waals surface area contributed by atoms with E-state index in [1.54, 1.807) is 0 Å². The van der Waals surface area contributed by atoms with Crippen LogP contribution in [-0.2, 0) is 4.31 Å². The molecule has 3 aromatic rings. The van der Waals surface area contributed by atoms with Gasteiger partial charge in [-0.25, -0.2) is 0 Å². The van der Waals surface area contributed by atoms with Gasteiger partial charge >= 0.3 is 151 Å². The van der Waals surface area contributed by atoms with E-state index in [9.17, 15) is 0 Å². The Kier molecular flexibility index (Phi) is 3.19. The molecule has 3 aliphatic carbocycles. The van der Waals surface area contributed by atoms with E-state index < -0.39 is 0 Å². The van der Waals surface area contributed by atoms with Crippen LogP contribution in [0.3, 0.4) is 0 Å². The summed E-state index contributed by atoms with van der Waals surface area (Å²) in [5, 5.41) is 0. The van der Waals surface area contributed by atoms with E-state index in [1.807, 2.05) is 0 Å². The molecule has 0 N–H and O–H groups in total. The minimum atomic E-state index is -0.140. The van der Waals surface area contributed by atoms with Crippen LogP contribution in [0.1, 0.15) is 39.3 Å². The molecule has 3 aromatic carbocycles. The van der Waals surface area contributed by atoms with Gasteiger partial charge in [-0.05, 0) is 0 Å². The van der Waals surface area contributed by atoms with E-state index >= 15 is 0 Å². The van der Waals surface area contributed by atoms with Gasteiger partial charge in [-0.2, -0.15) is 0 Å². The van der Waals surface area contributed by atoms with Crippen LogP contribution in [0.25, 0.3) is 0 Å². The maximum absolute atomic E-state index is 3.55. The van der Waals surface area contributed by atoms with Gasteiger partial charge in [0, 0.05) is 0 Å². The van der Waals surface area contributed by atoms with Gasteiger partial charge in [-0.1, -0.05) is 0 Å². The van der Waals surface area contributed by atoms with Crippen molar-refractivity contribution in [2.45, 2.75) is 10.2 Å². The molecule has 0 spiro atoms. The normalized spacial score (nSPS) is 23.0. The number of hydrogen-bond acceptors (Lipinski definition) is 0. The van der Waals surface area contributed by atoms with Gasteiger partial charge in [0.1, 0.15) is 0 Å².